The van der Waals surface area contributed by atoms with Gasteiger partial charge in [0.05, 0.1) is 31.5 Å². The highest BCUT2D eigenvalue weighted by Crippen LogP contribution is 2.36. The fourth-order valence-electron chi connectivity index (χ4n) is 3.58. The summed E-state index contributed by atoms with van der Waals surface area (Å²) in [7, 11) is 1.33. The van der Waals surface area contributed by atoms with E-state index in [1.54, 1.807) is 6.08 Å². The van der Waals surface area contributed by atoms with Crippen LogP contribution >= 0.6 is 0 Å². The third kappa shape index (κ3) is 13.8. The zero-order chi connectivity index (χ0) is 25.3. The summed E-state index contributed by atoms with van der Waals surface area (Å²) in [4.78, 5) is 10.5. The number of carboxylic acid groups (broad SMARTS) is 1. The molecule has 0 spiro atoms. The van der Waals surface area contributed by atoms with Gasteiger partial charge in [-0.05, 0) is 31.6 Å². The van der Waals surface area contributed by atoms with Gasteiger partial charge < -0.3 is 35.4 Å². The molecule has 1 rings (SSSR count). The number of ether oxygens (including phenoxy) is 1. The Morgan fingerprint density at radius 2 is 1.82 bits per heavy atom. The molecule has 0 radical (unpaired) electrons. The normalized spacial score (nSPS) is 24.2. The minimum Gasteiger partial charge on any atom is -0.481 e. The highest BCUT2D eigenvalue weighted by molar-refractivity contribution is 5.66. The Balaban J connectivity index is 0.00000109. The number of hydrogen-bond acceptors (Lipinski definition) is 8. The van der Waals surface area contributed by atoms with Crippen molar-refractivity contribution >= 4 is 5.97 Å². The van der Waals surface area contributed by atoms with Gasteiger partial charge in [0.25, 0.3) is 0 Å². The zero-order valence-electron chi connectivity index (χ0n) is 20.1. The van der Waals surface area contributed by atoms with Crippen LogP contribution in [0.1, 0.15) is 64.7 Å². The number of aliphatic hydroxyl groups excluding tert-OH is 5. The van der Waals surface area contributed by atoms with E-state index in [4.69, 9.17) is 21.1 Å². The molecule has 1 fully saturated rings. The molecule has 0 saturated heterocycles. The van der Waals surface area contributed by atoms with E-state index >= 15 is 0 Å². The van der Waals surface area contributed by atoms with Crippen molar-refractivity contribution in [2.75, 3.05) is 20.3 Å². The van der Waals surface area contributed by atoms with Crippen molar-refractivity contribution in [1.82, 2.24) is 0 Å². The Morgan fingerprint density at radius 1 is 1.15 bits per heavy atom. The quantitative estimate of drug-likeness (QED) is 0.105. The predicted octanol–water partition coefficient (Wildman–Crippen LogP) is 1.32. The molecule has 8 N–H and O–H groups in total. The number of hydrogen-bond donors (Lipinski definition) is 7. The molecular formula is C24H45NO8. The molecule has 0 bridgehead atoms. The third-order valence-electron chi connectivity index (χ3n) is 5.85. The van der Waals surface area contributed by atoms with E-state index < -0.39 is 30.0 Å². The molecule has 0 aromatic heterocycles. The van der Waals surface area contributed by atoms with Gasteiger partial charge in [0.1, 0.15) is 0 Å². The molecule has 9 nitrogen and oxygen atoms in total. The molecule has 0 aliphatic heterocycles. The van der Waals surface area contributed by atoms with E-state index in [9.17, 15) is 20.1 Å². The molecule has 33 heavy (non-hydrogen) atoms. The fraction of sp³-hybridized carbons (Fsp3) is 0.792. The van der Waals surface area contributed by atoms with Crippen LogP contribution in [-0.2, 0) is 9.53 Å². The number of rotatable bonds is 15. The molecule has 0 heterocycles. The second kappa shape index (κ2) is 18.1. The smallest absolute Gasteiger partial charge is 0.303 e. The molecule has 0 amide bonds. The summed E-state index contributed by atoms with van der Waals surface area (Å²) in [6, 6.07) is 0. The lowest BCUT2D eigenvalue weighted by molar-refractivity contribution is -0.137. The van der Waals surface area contributed by atoms with E-state index in [-0.39, 0.29) is 31.5 Å². The van der Waals surface area contributed by atoms with E-state index in [0.29, 0.717) is 25.7 Å². The summed E-state index contributed by atoms with van der Waals surface area (Å²) < 4.78 is 4.51. The van der Waals surface area contributed by atoms with Gasteiger partial charge >= 0.3 is 5.97 Å². The van der Waals surface area contributed by atoms with Crippen molar-refractivity contribution in [3.05, 3.63) is 24.3 Å². The standard InChI is InChI=1S/C20H34O5.C4H11NO3/c1-2-3-6-9-15(21)12-13-17-16(18(22)14-19(17)23)10-7-4-5-8-11-20(24)25;1-8-4(5,2-6)3-7/h4,7,12-13,15-19,21-23H,2-3,5-6,8-11,14H2,1H3,(H,24,25);6-7H,2-3,5H2,1H3/b7-4+,13-12?;/t15-,16+,17+,18-,19+;/m0./s1. The van der Waals surface area contributed by atoms with Crippen LogP contribution in [0, 0.1) is 11.8 Å². The van der Waals surface area contributed by atoms with Crippen LogP contribution < -0.4 is 5.73 Å². The van der Waals surface area contributed by atoms with Crippen molar-refractivity contribution < 1.29 is 40.2 Å². The highest BCUT2D eigenvalue weighted by atomic mass is 16.5. The molecule has 194 valence electrons. The van der Waals surface area contributed by atoms with Gasteiger partial charge in [0, 0.05) is 25.9 Å². The van der Waals surface area contributed by atoms with Crippen LogP contribution in [0.25, 0.3) is 0 Å². The van der Waals surface area contributed by atoms with Gasteiger partial charge in [0.2, 0.25) is 0 Å². The van der Waals surface area contributed by atoms with Crippen LogP contribution in [0.5, 0.6) is 0 Å². The Bertz CT molecular complexity index is 556. The van der Waals surface area contributed by atoms with Gasteiger partial charge in [-0.15, -0.1) is 0 Å². The second-order valence-electron chi connectivity index (χ2n) is 8.64. The molecule has 9 heteroatoms. The third-order valence-corrected chi connectivity index (χ3v) is 5.85. The minimum absolute atomic E-state index is 0.0650. The molecule has 1 aliphatic rings. The number of allylic oxidation sites excluding steroid dienone is 2. The molecule has 0 aromatic rings. The number of aliphatic carboxylic acids is 1. The van der Waals surface area contributed by atoms with Crippen molar-refractivity contribution in [3.8, 4) is 0 Å². The van der Waals surface area contributed by atoms with Gasteiger partial charge in [0.15, 0.2) is 5.72 Å². The lowest BCUT2D eigenvalue weighted by Gasteiger charge is -2.21. The molecule has 0 unspecified atom stereocenters. The first-order chi connectivity index (χ1) is 15.6. The summed E-state index contributed by atoms with van der Waals surface area (Å²) in [6.45, 7) is 1.37. The summed E-state index contributed by atoms with van der Waals surface area (Å²) >= 11 is 0. The molecule has 1 saturated carbocycles. The van der Waals surface area contributed by atoms with Crippen molar-refractivity contribution in [2.45, 2.75) is 88.7 Å². The van der Waals surface area contributed by atoms with Gasteiger partial charge in [-0.25, -0.2) is 0 Å². The summed E-state index contributed by atoms with van der Waals surface area (Å²) in [6.07, 6.45) is 12.3. The summed E-state index contributed by atoms with van der Waals surface area (Å²) in [5, 5.41) is 55.7. The van der Waals surface area contributed by atoms with Gasteiger partial charge in [-0.1, -0.05) is 50.5 Å². The van der Waals surface area contributed by atoms with Crippen LogP contribution in [-0.4, -0.2) is 81.0 Å². The number of carbonyl (C=O) groups is 1. The molecule has 1 aliphatic carbocycles. The maximum Gasteiger partial charge on any atom is 0.303 e. The predicted molar refractivity (Wildman–Crippen MR) is 126 cm³/mol. The lowest BCUT2D eigenvalue weighted by Crippen LogP contribution is -2.48. The topological polar surface area (TPSA) is 174 Å². The molecular weight excluding hydrogens is 430 g/mol. The van der Waals surface area contributed by atoms with E-state index in [1.807, 2.05) is 18.2 Å². The van der Waals surface area contributed by atoms with Crippen LogP contribution in [0.3, 0.4) is 0 Å². The maximum atomic E-state index is 10.5. The van der Waals surface area contributed by atoms with Crippen LogP contribution in [0.15, 0.2) is 24.3 Å². The summed E-state index contributed by atoms with van der Waals surface area (Å²) in [5.41, 5.74) is 3.91. The zero-order valence-corrected chi connectivity index (χ0v) is 20.1. The van der Waals surface area contributed by atoms with Crippen LogP contribution in [0.4, 0.5) is 0 Å². The van der Waals surface area contributed by atoms with E-state index in [2.05, 4.69) is 11.7 Å². The monoisotopic (exact) mass is 475 g/mol. The van der Waals surface area contributed by atoms with Crippen molar-refractivity contribution in [1.29, 1.82) is 0 Å². The van der Waals surface area contributed by atoms with Gasteiger partial charge in [-0.2, -0.15) is 0 Å². The average Bonchev–Trinajstić information content (AvgIpc) is 3.06. The Hall–Kier alpha value is -1.33. The Labute approximate surface area is 197 Å². The number of unbranched alkanes of at least 4 members (excludes halogenated alkanes) is 3. The number of nitrogens with two attached hydrogens (primary N) is 1. The Morgan fingerprint density at radius 3 is 2.33 bits per heavy atom. The van der Waals surface area contributed by atoms with Crippen molar-refractivity contribution in [3.63, 3.8) is 0 Å². The summed E-state index contributed by atoms with van der Waals surface area (Å²) in [5.74, 6) is -1.00. The second-order valence-corrected chi connectivity index (χ2v) is 8.64. The number of methoxy groups -OCH3 is 1. The molecule has 5 atom stereocenters. The number of aliphatic hydroxyl groups is 5. The fourth-order valence-corrected chi connectivity index (χ4v) is 3.58. The maximum absolute atomic E-state index is 10.5. The highest BCUT2D eigenvalue weighted by Gasteiger charge is 2.39. The first-order valence-electron chi connectivity index (χ1n) is 11.8. The number of carboxylic acids is 1. The first kappa shape index (κ1) is 31.7. The van der Waals surface area contributed by atoms with Crippen LogP contribution in [0.2, 0.25) is 0 Å². The van der Waals surface area contributed by atoms with Gasteiger partial charge in [-0.3, -0.25) is 10.5 Å². The molecule has 0 aromatic carbocycles. The van der Waals surface area contributed by atoms with E-state index in [0.717, 1.165) is 25.7 Å². The first-order valence-corrected chi connectivity index (χ1v) is 11.8. The lowest BCUT2D eigenvalue weighted by atomic mass is 9.89. The minimum atomic E-state index is -1.26. The SMILES string of the molecule is CCCCC[C@H](O)C=C[C@@H]1[C@@H](C/C=C/CCCC(=O)O)[C@@H](O)C[C@H]1O.COC(N)(CO)CO. The Kier molecular flexibility index (Phi) is 17.3. The van der Waals surface area contributed by atoms with Crippen molar-refractivity contribution in [2.24, 2.45) is 17.6 Å². The average molecular weight is 476 g/mol. The largest absolute Gasteiger partial charge is 0.481 e. The van der Waals surface area contributed by atoms with E-state index in [1.165, 1.54) is 7.11 Å².